The first kappa shape index (κ1) is 11.2. The molecule has 0 spiro atoms. The fraction of sp³-hybridized carbons (Fsp3) is 0.500. The van der Waals surface area contributed by atoms with Crippen LogP contribution in [0.25, 0.3) is 11.2 Å². The van der Waals surface area contributed by atoms with Crippen molar-refractivity contribution in [2.45, 2.75) is 26.8 Å². The zero-order valence-electron chi connectivity index (χ0n) is 9.83. The molecule has 2 aromatic heterocycles. The summed E-state index contributed by atoms with van der Waals surface area (Å²) in [6.45, 7) is 5.53. The molecule has 1 saturated carbocycles. The Balaban J connectivity index is 2.04. The summed E-state index contributed by atoms with van der Waals surface area (Å²) < 4.78 is 2.82. The first-order valence-electron chi connectivity index (χ1n) is 5.71. The molecule has 1 fully saturated rings. The highest BCUT2D eigenvalue weighted by molar-refractivity contribution is 7.71. The van der Waals surface area contributed by atoms with Crippen LogP contribution < -0.4 is 0 Å². The molecule has 0 saturated heterocycles. The zero-order chi connectivity index (χ0) is 12.2. The summed E-state index contributed by atoms with van der Waals surface area (Å²) in [5.74, 6) is 0.700. The molecule has 1 atom stereocenters. The van der Waals surface area contributed by atoms with Crippen molar-refractivity contribution < 1.29 is 0 Å². The van der Waals surface area contributed by atoms with E-state index in [1.165, 1.54) is 6.42 Å². The lowest BCUT2D eigenvalue weighted by Gasteiger charge is -2.05. The molecule has 2 heterocycles. The standard InChI is InChI=1S/C12H14ClN3S/c1-12(2)4-7(12)6-16-10-9(15-11(16)17)3-8(13)5-14-10/h3,5,7H,4,6H2,1-2H3,(H,15,17). The Hall–Kier alpha value is -0.870. The molecular weight excluding hydrogens is 254 g/mol. The lowest BCUT2D eigenvalue weighted by molar-refractivity contribution is 0.501. The largest absolute Gasteiger partial charge is 0.329 e. The third-order valence-electron chi connectivity index (χ3n) is 3.70. The Bertz CT molecular complexity index is 641. The average Bonchev–Trinajstić information content (AvgIpc) is 2.71. The third kappa shape index (κ3) is 1.89. The molecule has 90 valence electrons. The third-order valence-corrected chi connectivity index (χ3v) is 4.23. The van der Waals surface area contributed by atoms with Crippen molar-refractivity contribution in [3.05, 3.63) is 22.1 Å². The summed E-state index contributed by atoms with van der Waals surface area (Å²) in [6, 6.07) is 1.87. The van der Waals surface area contributed by atoms with Crippen LogP contribution in [0.3, 0.4) is 0 Å². The maximum absolute atomic E-state index is 5.92. The predicted octanol–water partition coefficient (Wildman–Crippen LogP) is 3.79. The van der Waals surface area contributed by atoms with E-state index in [0.29, 0.717) is 16.4 Å². The van der Waals surface area contributed by atoms with Crippen LogP contribution in [0.4, 0.5) is 0 Å². The van der Waals surface area contributed by atoms with Crippen molar-refractivity contribution in [2.75, 3.05) is 0 Å². The number of halogens is 1. The number of pyridine rings is 1. The number of hydrogen-bond donors (Lipinski definition) is 1. The van der Waals surface area contributed by atoms with E-state index in [1.54, 1.807) is 6.20 Å². The molecule has 0 aromatic carbocycles. The van der Waals surface area contributed by atoms with Gasteiger partial charge in [0.1, 0.15) is 0 Å². The van der Waals surface area contributed by atoms with E-state index in [9.17, 15) is 0 Å². The van der Waals surface area contributed by atoms with Crippen LogP contribution in [0.1, 0.15) is 20.3 Å². The molecule has 0 amide bonds. The maximum Gasteiger partial charge on any atom is 0.179 e. The fourth-order valence-corrected chi connectivity index (χ4v) is 2.72. The van der Waals surface area contributed by atoms with Crippen LogP contribution in [-0.2, 0) is 6.54 Å². The van der Waals surface area contributed by atoms with Gasteiger partial charge in [-0.2, -0.15) is 0 Å². The Labute approximate surface area is 110 Å². The zero-order valence-corrected chi connectivity index (χ0v) is 11.4. The molecule has 2 aromatic rings. The number of imidazole rings is 1. The normalized spacial score (nSPS) is 21.9. The van der Waals surface area contributed by atoms with Crippen molar-refractivity contribution in [3.8, 4) is 0 Å². The smallest absolute Gasteiger partial charge is 0.179 e. The van der Waals surface area contributed by atoms with Crippen LogP contribution >= 0.6 is 23.8 Å². The number of H-pyrrole nitrogens is 1. The molecule has 1 unspecified atom stereocenters. The van der Waals surface area contributed by atoms with Gasteiger partial charge in [0.05, 0.1) is 10.5 Å². The number of hydrogen-bond acceptors (Lipinski definition) is 2. The van der Waals surface area contributed by atoms with E-state index in [-0.39, 0.29) is 0 Å². The van der Waals surface area contributed by atoms with E-state index in [2.05, 4.69) is 28.4 Å². The van der Waals surface area contributed by atoms with Gasteiger partial charge < -0.3 is 9.55 Å². The number of fused-ring (bicyclic) bond motifs is 1. The molecule has 1 aliphatic carbocycles. The van der Waals surface area contributed by atoms with Gasteiger partial charge in [0.25, 0.3) is 0 Å². The van der Waals surface area contributed by atoms with E-state index in [1.807, 2.05) is 6.07 Å². The molecule has 1 aliphatic rings. The van der Waals surface area contributed by atoms with Crippen molar-refractivity contribution in [1.82, 2.24) is 14.5 Å². The molecule has 17 heavy (non-hydrogen) atoms. The first-order valence-corrected chi connectivity index (χ1v) is 6.50. The molecule has 3 nitrogen and oxygen atoms in total. The van der Waals surface area contributed by atoms with Crippen LogP contribution in [0.15, 0.2) is 12.3 Å². The Morgan fingerprint density at radius 2 is 2.35 bits per heavy atom. The molecule has 5 heteroatoms. The number of aromatic nitrogens is 3. The van der Waals surface area contributed by atoms with Crippen LogP contribution in [0, 0.1) is 16.1 Å². The van der Waals surface area contributed by atoms with Gasteiger partial charge in [-0.3, -0.25) is 0 Å². The highest BCUT2D eigenvalue weighted by Gasteiger charge is 2.45. The SMILES string of the molecule is CC1(C)CC1Cn1c(=S)[nH]c2cc(Cl)cnc21. The van der Waals surface area contributed by atoms with Crippen molar-refractivity contribution >= 4 is 35.0 Å². The summed E-state index contributed by atoms with van der Waals surface area (Å²) in [6.07, 6.45) is 2.93. The number of aromatic amines is 1. The lowest BCUT2D eigenvalue weighted by Crippen LogP contribution is -2.04. The first-order chi connectivity index (χ1) is 7.97. The predicted molar refractivity (Wildman–Crippen MR) is 71.8 cm³/mol. The molecule has 3 rings (SSSR count). The second-order valence-electron chi connectivity index (χ2n) is 5.46. The summed E-state index contributed by atoms with van der Waals surface area (Å²) in [5.41, 5.74) is 2.27. The minimum atomic E-state index is 0.449. The number of nitrogens with one attached hydrogen (secondary N) is 1. The van der Waals surface area contributed by atoms with Gasteiger partial charge >= 0.3 is 0 Å². The minimum absolute atomic E-state index is 0.449. The van der Waals surface area contributed by atoms with Crippen LogP contribution in [0.2, 0.25) is 5.02 Å². The van der Waals surface area contributed by atoms with Gasteiger partial charge in [0.15, 0.2) is 10.4 Å². The van der Waals surface area contributed by atoms with E-state index in [0.717, 1.165) is 22.5 Å². The van der Waals surface area contributed by atoms with Crippen molar-refractivity contribution in [1.29, 1.82) is 0 Å². The second kappa shape index (κ2) is 3.56. The highest BCUT2D eigenvalue weighted by atomic mass is 35.5. The fourth-order valence-electron chi connectivity index (χ4n) is 2.30. The van der Waals surface area contributed by atoms with Crippen molar-refractivity contribution in [3.63, 3.8) is 0 Å². The van der Waals surface area contributed by atoms with Gasteiger partial charge in [-0.15, -0.1) is 0 Å². The van der Waals surface area contributed by atoms with Crippen LogP contribution in [0.5, 0.6) is 0 Å². The summed E-state index contributed by atoms with van der Waals surface area (Å²) in [5, 5.41) is 0.632. The molecule has 0 aliphatic heterocycles. The number of nitrogens with zero attached hydrogens (tertiary/aromatic N) is 2. The lowest BCUT2D eigenvalue weighted by atomic mass is 10.1. The van der Waals surface area contributed by atoms with Gasteiger partial charge in [-0.05, 0) is 36.0 Å². The molecule has 1 N–H and O–H groups in total. The molecular formula is C12H14ClN3S. The monoisotopic (exact) mass is 267 g/mol. The Morgan fingerprint density at radius 1 is 1.65 bits per heavy atom. The quantitative estimate of drug-likeness (QED) is 0.840. The highest BCUT2D eigenvalue weighted by Crippen LogP contribution is 2.52. The van der Waals surface area contributed by atoms with Gasteiger partial charge in [-0.25, -0.2) is 4.98 Å². The second-order valence-corrected chi connectivity index (χ2v) is 6.28. The summed E-state index contributed by atoms with van der Waals surface area (Å²) in [7, 11) is 0. The van der Waals surface area contributed by atoms with E-state index in [4.69, 9.17) is 23.8 Å². The Kier molecular flexibility index (Phi) is 2.35. The average molecular weight is 268 g/mol. The van der Waals surface area contributed by atoms with Gasteiger partial charge in [0, 0.05) is 12.7 Å². The summed E-state index contributed by atoms with van der Waals surface area (Å²) in [4.78, 5) is 7.52. The van der Waals surface area contributed by atoms with E-state index >= 15 is 0 Å². The molecule has 0 bridgehead atoms. The summed E-state index contributed by atoms with van der Waals surface area (Å²) >= 11 is 11.3. The minimum Gasteiger partial charge on any atom is -0.329 e. The number of rotatable bonds is 2. The van der Waals surface area contributed by atoms with Gasteiger partial charge in [-0.1, -0.05) is 25.4 Å². The van der Waals surface area contributed by atoms with Gasteiger partial charge in [0.2, 0.25) is 0 Å². The molecule has 0 radical (unpaired) electrons. The van der Waals surface area contributed by atoms with Crippen molar-refractivity contribution in [2.24, 2.45) is 11.3 Å². The maximum atomic E-state index is 5.92. The topological polar surface area (TPSA) is 33.6 Å². The van der Waals surface area contributed by atoms with Crippen LogP contribution in [-0.4, -0.2) is 14.5 Å². The van der Waals surface area contributed by atoms with E-state index < -0.39 is 0 Å². The Morgan fingerprint density at radius 3 is 3.00 bits per heavy atom.